The van der Waals surface area contributed by atoms with Crippen molar-refractivity contribution in [1.29, 1.82) is 0 Å². The summed E-state index contributed by atoms with van der Waals surface area (Å²) in [5.74, 6) is 0. The van der Waals surface area contributed by atoms with Crippen LogP contribution >= 0.6 is 16.1 Å². The van der Waals surface area contributed by atoms with E-state index in [1.54, 1.807) is 0 Å². The largest absolute Gasteiger partial charge is 0.403 e. The highest BCUT2D eigenvalue weighted by molar-refractivity contribution is 7.80. The van der Waals surface area contributed by atoms with Crippen molar-refractivity contribution < 1.29 is 8.39 Å². The van der Waals surface area contributed by atoms with Gasteiger partial charge in [-0.2, -0.15) is 0 Å². The number of anilines is 1. The number of hydrogen-bond donors (Lipinski definition) is 0. The van der Waals surface area contributed by atoms with E-state index in [1.807, 2.05) is 0 Å². The minimum atomic E-state index is -1.76. The molecular weight excluding hydrogens is 805 g/mol. The highest BCUT2D eigenvalue weighted by Gasteiger charge is 2.31. The van der Waals surface area contributed by atoms with Crippen LogP contribution in [0.4, 0.5) is 5.69 Å². The first kappa shape index (κ1) is 42.7. The summed E-state index contributed by atoms with van der Waals surface area (Å²) >= 11 is 0. The summed E-state index contributed by atoms with van der Waals surface area (Å²) in [4.78, 5) is 0. The molecule has 318 valence electrons. The van der Waals surface area contributed by atoms with Gasteiger partial charge in [-0.25, -0.2) is 0 Å². The Morgan fingerprint density at radius 2 is 0.937 bits per heavy atom. The molecule has 0 spiro atoms. The van der Waals surface area contributed by atoms with Crippen LogP contribution in [0.5, 0.6) is 0 Å². The van der Waals surface area contributed by atoms with Crippen LogP contribution in [-0.4, -0.2) is 6.54 Å². The molecular formula is C58H59NO2P2. The standard InChI is InChI=1S/C58H59NO2P2/c1-12-59(63-60-55-47(57(6,7)8)35-37(2)39(4)51(55)52-40(5)38(3)36-48(56(52)61-63)58(9,10)11)49-33-31-41-23-19-21-29-45(41)53(49)54-46-30-22-20-24-42(46)32-34-50(54)62(43-25-15-13-16-26-43)44-27-17-14-18-28-44/h13-36H,12H2,1-11H3. The first-order valence-electron chi connectivity index (χ1n) is 22.3. The molecule has 0 unspecified atom stereocenters. The molecule has 0 aliphatic carbocycles. The molecule has 1 aromatic heterocycles. The van der Waals surface area contributed by atoms with E-state index < -0.39 is 16.1 Å². The summed E-state index contributed by atoms with van der Waals surface area (Å²) < 4.78 is 17.8. The number of nitrogens with zero attached hydrogens (tertiary/aromatic N) is 1. The molecule has 0 saturated heterocycles. The molecule has 9 aromatic rings. The van der Waals surface area contributed by atoms with Crippen molar-refractivity contribution in [3.8, 4) is 11.1 Å². The molecule has 8 aromatic carbocycles. The Bertz CT molecular complexity index is 3100. The Labute approximate surface area is 376 Å². The van der Waals surface area contributed by atoms with Gasteiger partial charge in [-0.3, -0.25) is 4.67 Å². The Morgan fingerprint density at radius 3 is 1.40 bits per heavy atom. The van der Waals surface area contributed by atoms with E-state index in [1.165, 1.54) is 82.0 Å². The SMILES string of the molecule is CCN(c1ccc2ccccc2c1-c1c(P(c2ccccc2)c2ccccc2)ccc2ccccc12)p1oc2c(C(C)(C)C)cc(C)c(C)c2c2c(C)c(C)cc(C(C)(C)C)c2o1. The number of hydrogen-bond acceptors (Lipinski definition) is 3. The van der Waals surface area contributed by atoms with E-state index in [4.69, 9.17) is 8.39 Å². The van der Waals surface area contributed by atoms with Crippen LogP contribution in [0.3, 0.4) is 0 Å². The van der Waals surface area contributed by atoms with Gasteiger partial charge in [-0.05, 0) is 119 Å². The third kappa shape index (κ3) is 7.58. The van der Waals surface area contributed by atoms with Gasteiger partial charge in [0.25, 0.3) is 0 Å². The topological polar surface area (TPSA) is 29.5 Å². The second-order valence-electron chi connectivity index (χ2n) is 19.1. The quantitative estimate of drug-likeness (QED) is 0.150. The van der Waals surface area contributed by atoms with Gasteiger partial charge in [-0.15, -0.1) is 0 Å². The summed E-state index contributed by atoms with van der Waals surface area (Å²) in [6, 6.07) is 54.1. The van der Waals surface area contributed by atoms with Crippen LogP contribution in [0.2, 0.25) is 0 Å². The summed E-state index contributed by atoms with van der Waals surface area (Å²) in [6.07, 6.45) is 0. The first-order valence-corrected chi connectivity index (χ1v) is 24.8. The Balaban J connectivity index is 1.47. The van der Waals surface area contributed by atoms with E-state index in [9.17, 15) is 0 Å². The van der Waals surface area contributed by atoms with Gasteiger partial charge in [0.05, 0.1) is 5.69 Å². The molecule has 0 atom stereocenters. The predicted molar refractivity (Wildman–Crippen MR) is 277 cm³/mol. The lowest BCUT2D eigenvalue weighted by atomic mass is 9.81. The molecule has 3 nitrogen and oxygen atoms in total. The second kappa shape index (κ2) is 16.5. The monoisotopic (exact) mass is 863 g/mol. The normalized spacial score (nSPS) is 12.3. The zero-order valence-corrected chi connectivity index (χ0v) is 40.5. The molecule has 0 fully saturated rings. The maximum atomic E-state index is 7.68. The smallest absolute Gasteiger partial charge is 0.341 e. The molecule has 1 heterocycles. The van der Waals surface area contributed by atoms with E-state index in [-0.39, 0.29) is 10.8 Å². The summed E-state index contributed by atoms with van der Waals surface area (Å²) in [5.41, 5.74) is 12.5. The molecule has 63 heavy (non-hydrogen) atoms. The Kier molecular flexibility index (Phi) is 11.2. The number of fused-ring (bicyclic) bond motifs is 5. The molecule has 0 aliphatic heterocycles. The van der Waals surface area contributed by atoms with Gasteiger partial charge < -0.3 is 8.39 Å². The van der Waals surface area contributed by atoms with Crippen LogP contribution in [0, 0.1) is 27.7 Å². The van der Waals surface area contributed by atoms with Gasteiger partial charge in [0.15, 0.2) is 0 Å². The minimum absolute atomic E-state index is 0.187. The fourth-order valence-corrected chi connectivity index (χ4v) is 13.3. The zero-order valence-electron chi connectivity index (χ0n) is 38.7. The minimum Gasteiger partial charge on any atom is -0.403 e. The first-order chi connectivity index (χ1) is 30.2. The van der Waals surface area contributed by atoms with Crippen molar-refractivity contribution in [2.24, 2.45) is 0 Å². The molecule has 0 saturated carbocycles. The van der Waals surface area contributed by atoms with Gasteiger partial charge in [0.1, 0.15) is 11.2 Å². The third-order valence-electron chi connectivity index (χ3n) is 12.9. The van der Waals surface area contributed by atoms with Gasteiger partial charge in [0.2, 0.25) is 0 Å². The fourth-order valence-electron chi connectivity index (χ4n) is 9.37. The van der Waals surface area contributed by atoms with Crippen molar-refractivity contribution in [2.75, 3.05) is 11.2 Å². The van der Waals surface area contributed by atoms with Crippen LogP contribution < -0.4 is 20.6 Å². The predicted octanol–water partition coefficient (Wildman–Crippen LogP) is 16.1. The summed E-state index contributed by atoms with van der Waals surface area (Å²) in [5, 5.41) is 11.1. The maximum absolute atomic E-state index is 7.68. The highest BCUT2D eigenvalue weighted by Crippen LogP contribution is 2.52. The van der Waals surface area contributed by atoms with Gasteiger partial charge >= 0.3 is 8.16 Å². The van der Waals surface area contributed by atoms with Crippen LogP contribution in [0.25, 0.3) is 54.6 Å². The second-order valence-corrected chi connectivity index (χ2v) is 22.7. The van der Waals surface area contributed by atoms with Crippen molar-refractivity contribution in [3.05, 3.63) is 179 Å². The van der Waals surface area contributed by atoms with Crippen LogP contribution in [0.1, 0.15) is 81.8 Å². The third-order valence-corrected chi connectivity index (χ3v) is 17.0. The number of benzene rings is 8. The molecule has 5 heteroatoms. The summed E-state index contributed by atoms with van der Waals surface area (Å²) in [7, 11) is -2.73. The Morgan fingerprint density at radius 1 is 0.508 bits per heavy atom. The number of aryl methyl sites for hydroxylation is 4. The van der Waals surface area contributed by atoms with Gasteiger partial charge in [-0.1, -0.05) is 181 Å². The van der Waals surface area contributed by atoms with E-state index in [0.717, 1.165) is 27.6 Å². The molecule has 0 aliphatic rings. The zero-order chi connectivity index (χ0) is 44.4. The van der Waals surface area contributed by atoms with Gasteiger partial charge in [0, 0.05) is 39.6 Å². The maximum Gasteiger partial charge on any atom is 0.341 e. The highest BCUT2D eigenvalue weighted by atomic mass is 31.1. The van der Waals surface area contributed by atoms with Crippen molar-refractivity contribution in [1.82, 2.24) is 0 Å². The van der Waals surface area contributed by atoms with Crippen LogP contribution in [0.15, 0.2) is 154 Å². The average molecular weight is 864 g/mol. The molecule has 0 amide bonds. The van der Waals surface area contributed by atoms with Crippen molar-refractivity contribution >= 4 is 81.2 Å². The van der Waals surface area contributed by atoms with E-state index in [0.29, 0.717) is 6.54 Å². The van der Waals surface area contributed by atoms with E-state index >= 15 is 0 Å². The number of rotatable bonds is 7. The lowest BCUT2D eigenvalue weighted by Gasteiger charge is -2.28. The lowest BCUT2D eigenvalue weighted by Crippen LogP contribution is -2.23. The molecule has 9 rings (SSSR count). The molecule has 0 radical (unpaired) electrons. The molecule has 0 N–H and O–H groups in total. The van der Waals surface area contributed by atoms with Crippen LogP contribution in [-0.2, 0) is 10.8 Å². The lowest BCUT2D eigenvalue weighted by molar-refractivity contribution is 0.564. The Hall–Kier alpha value is -5.59. The van der Waals surface area contributed by atoms with Crippen molar-refractivity contribution in [3.63, 3.8) is 0 Å². The fraction of sp³-hybridized carbons (Fsp3) is 0.241. The average Bonchev–Trinajstić information content (AvgIpc) is 3.44. The van der Waals surface area contributed by atoms with Crippen molar-refractivity contribution in [2.45, 2.75) is 87.0 Å². The summed E-state index contributed by atoms with van der Waals surface area (Å²) in [6.45, 7) is 25.8. The van der Waals surface area contributed by atoms with E-state index in [2.05, 4.69) is 226 Å². The molecule has 0 bridgehead atoms.